The fourth-order valence-corrected chi connectivity index (χ4v) is 10.8. The summed E-state index contributed by atoms with van der Waals surface area (Å²) in [6.45, 7) is 4.73. The highest BCUT2D eigenvalue weighted by Gasteiger charge is 2.36. The Labute approximate surface area is 329 Å². The topological polar surface area (TPSA) is 8.17 Å². The van der Waals surface area contributed by atoms with Crippen LogP contribution in [0, 0.1) is 0 Å². The number of aromatic nitrogens is 1. The van der Waals surface area contributed by atoms with E-state index in [-0.39, 0.29) is 5.41 Å². The molecule has 0 fully saturated rings. The molecule has 0 unspecified atom stereocenters. The van der Waals surface area contributed by atoms with Crippen molar-refractivity contribution in [3.05, 3.63) is 193 Å². The van der Waals surface area contributed by atoms with E-state index < -0.39 is 0 Å². The van der Waals surface area contributed by atoms with Gasteiger partial charge in [0.15, 0.2) is 0 Å². The third-order valence-electron chi connectivity index (χ3n) is 12.3. The molecule has 0 saturated carbocycles. The van der Waals surface area contributed by atoms with Crippen molar-refractivity contribution in [3.8, 4) is 16.8 Å². The van der Waals surface area contributed by atoms with E-state index in [0.29, 0.717) is 0 Å². The Hall–Kier alpha value is -6.68. The van der Waals surface area contributed by atoms with E-state index in [1.807, 2.05) is 11.3 Å². The van der Waals surface area contributed by atoms with Crippen LogP contribution in [0.25, 0.3) is 80.3 Å². The van der Waals surface area contributed by atoms with E-state index in [1.165, 1.54) is 91.5 Å². The lowest BCUT2D eigenvalue weighted by Crippen LogP contribution is -2.16. The van der Waals surface area contributed by atoms with Crippen LogP contribution < -0.4 is 4.90 Å². The average Bonchev–Trinajstić information content (AvgIpc) is 3.86. The van der Waals surface area contributed by atoms with E-state index in [2.05, 4.69) is 205 Å². The van der Waals surface area contributed by atoms with Gasteiger partial charge >= 0.3 is 0 Å². The monoisotopic (exact) mass is 732 g/mol. The Morgan fingerprint density at radius 3 is 2.00 bits per heavy atom. The quantitative estimate of drug-likeness (QED) is 0.175. The molecule has 2 aromatic heterocycles. The zero-order chi connectivity index (χ0) is 37.1. The van der Waals surface area contributed by atoms with Gasteiger partial charge in [0, 0.05) is 58.8 Å². The Balaban J connectivity index is 1.17. The molecule has 0 aliphatic heterocycles. The first-order chi connectivity index (χ1) is 27.5. The van der Waals surface area contributed by atoms with Crippen molar-refractivity contribution in [2.24, 2.45) is 0 Å². The van der Waals surface area contributed by atoms with E-state index in [9.17, 15) is 0 Å². The summed E-state index contributed by atoms with van der Waals surface area (Å²) in [7, 11) is 0. The molecule has 2 nitrogen and oxygen atoms in total. The van der Waals surface area contributed by atoms with Crippen LogP contribution in [0.4, 0.5) is 17.1 Å². The fraction of sp³-hybridized carbons (Fsp3) is 0.0566. The molecule has 0 amide bonds. The molecule has 1 aliphatic rings. The van der Waals surface area contributed by atoms with Crippen molar-refractivity contribution < 1.29 is 0 Å². The summed E-state index contributed by atoms with van der Waals surface area (Å²) in [5, 5.41) is 10.1. The van der Waals surface area contributed by atoms with Crippen LogP contribution in [0.5, 0.6) is 0 Å². The molecule has 1 aliphatic carbocycles. The van der Waals surface area contributed by atoms with Gasteiger partial charge in [0.25, 0.3) is 0 Å². The van der Waals surface area contributed by atoms with Crippen molar-refractivity contribution in [1.82, 2.24) is 4.57 Å². The fourth-order valence-electron chi connectivity index (χ4n) is 9.71. The predicted octanol–water partition coefficient (Wildman–Crippen LogP) is 15.2. The Bertz CT molecular complexity index is 3410. The summed E-state index contributed by atoms with van der Waals surface area (Å²) in [4.78, 5) is 2.47. The summed E-state index contributed by atoms with van der Waals surface area (Å²) < 4.78 is 5.13. The molecule has 0 radical (unpaired) electrons. The summed E-state index contributed by atoms with van der Waals surface area (Å²) >= 11 is 1.88. The lowest BCUT2D eigenvalue weighted by Gasteiger charge is -2.28. The van der Waals surface area contributed by atoms with Crippen LogP contribution in [-0.4, -0.2) is 4.57 Å². The molecule has 0 spiro atoms. The predicted molar refractivity (Wildman–Crippen MR) is 241 cm³/mol. The number of fused-ring (bicyclic) bond motifs is 12. The normalized spacial score (nSPS) is 13.3. The molecule has 2 heterocycles. The Kier molecular flexibility index (Phi) is 6.59. The van der Waals surface area contributed by atoms with Gasteiger partial charge in [0.2, 0.25) is 0 Å². The second-order valence-electron chi connectivity index (χ2n) is 15.7. The van der Waals surface area contributed by atoms with Gasteiger partial charge in [-0.3, -0.25) is 0 Å². The minimum atomic E-state index is -0.113. The first kappa shape index (κ1) is 31.6. The van der Waals surface area contributed by atoms with Crippen LogP contribution in [0.2, 0.25) is 0 Å². The molecule has 12 rings (SSSR count). The molecular formula is C53H36N2S. The molecule has 0 saturated heterocycles. The van der Waals surface area contributed by atoms with Crippen LogP contribution in [0.3, 0.4) is 0 Å². The zero-order valence-corrected chi connectivity index (χ0v) is 31.9. The van der Waals surface area contributed by atoms with E-state index in [0.717, 1.165) is 17.1 Å². The number of nitrogens with zero attached hydrogens (tertiary/aromatic N) is 2. The smallest absolute Gasteiger partial charge is 0.0548 e. The Morgan fingerprint density at radius 1 is 0.429 bits per heavy atom. The molecule has 56 heavy (non-hydrogen) atoms. The summed E-state index contributed by atoms with van der Waals surface area (Å²) in [5.41, 5.74) is 12.4. The molecule has 0 N–H and O–H groups in total. The first-order valence-corrected chi connectivity index (χ1v) is 20.2. The van der Waals surface area contributed by atoms with Crippen LogP contribution >= 0.6 is 11.3 Å². The summed E-state index contributed by atoms with van der Waals surface area (Å²) in [6.07, 6.45) is 0. The SMILES string of the molecule is CC1(C)c2ccccc2-c2ccc(N(c3ccc4ccccc4c3)c3ccc4c(c3)c3c5c(ccc3n4-c3cccc4ccccc34)sc3ccccc35)cc21. The number of hydrogen-bond donors (Lipinski definition) is 0. The molecule has 264 valence electrons. The number of anilines is 3. The first-order valence-electron chi connectivity index (χ1n) is 19.4. The lowest BCUT2D eigenvalue weighted by molar-refractivity contribution is 0.660. The second kappa shape index (κ2) is 11.7. The maximum Gasteiger partial charge on any atom is 0.0548 e. The number of rotatable bonds is 4. The van der Waals surface area contributed by atoms with Gasteiger partial charge in [0.1, 0.15) is 0 Å². The maximum atomic E-state index is 2.50. The van der Waals surface area contributed by atoms with Crippen molar-refractivity contribution in [2.75, 3.05) is 4.90 Å². The molecule has 3 heteroatoms. The third kappa shape index (κ3) is 4.43. The second-order valence-corrected chi connectivity index (χ2v) is 16.8. The molecule has 11 aromatic rings. The summed E-state index contributed by atoms with van der Waals surface area (Å²) in [6, 6.07) is 67.7. The van der Waals surface area contributed by atoms with E-state index in [4.69, 9.17) is 0 Å². The summed E-state index contributed by atoms with van der Waals surface area (Å²) in [5.74, 6) is 0. The van der Waals surface area contributed by atoms with Gasteiger partial charge < -0.3 is 9.47 Å². The molecule has 9 aromatic carbocycles. The van der Waals surface area contributed by atoms with Crippen LogP contribution in [0.1, 0.15) is 25.0 Å². The number of thiophene rings is 1. The van der Waals surface area contributed by atoms with Crippen molar-refractivity contribution in [3.63, 3.8) is 0 Å². The highest BCUT2D eigenvalue weighted by molar-refractivity contribution is 7.26. The molecule has 0 atom stereocenters. The zero-order valence-electron chi connectivity index (χ0n) is 31.1. The van der Waals surface area contributed by atoms with E-state index >= 15 is 0 Å². The van der Waals surface area contributed by atoms with Gasteiger partial charge in [-0.25, -0.2) is 0 Å². The average molecular weight is 733 g/mol. The highest BCUT2D eigenvalue weighted by Crippen LogP contribution is 2.51. The van der Waals surface area contributed by atoms with Crippen LogP contribution in [0.15, 0.2) is 182 Å². The standard InChI is InChI=1S/C53H36N2S/c1-53(2)44-19-9-7-17-40(44)41-26-24-38(32-45(41)53)54(36-23-22-33-12-3-4-14-35(33)30-36)37-25-27-47-43(31-37)51-48(28-29-50-52(51)42-18-8-10-21-49(42)56-50)55(47)46-20-11-15-34-13-5-6-16-39(34)46/h3-32H,1-2H3. The van der Waals surface area contributed by atoms with Gasteiger partial charge in [0.05, 0.1) is 16.7 Å². The maximum absolute atomic E-state index is 2.50. The van der Waals surface area contributed by atoms with Gasteiger partial charge in [-0.2, -0.15) is 0 Å². The van der Waals surface area contributed by atoms with Crippen molar-refractivity contribution in [1.29, 1.82) is 0 Å². The Morgan fingerprint density at radius 2 is 1.09 bits per heavy atom. The van der Waals surface area contributed by atoms with Gasteiger partial charge in [-0.05, 0) is 105 Å². The van der Waals surface area contributed by atoms with Gasteiger partial charge in [-0.15, -0.1) is 11.3 Å². The van der Waals surface area contributed by atoms with E-state index in [1.54, 1.807) is 0 Å². The minimum Gasteiger partial charge on any atom is -0.310 e. The molecular weight excluding hydrogens is 697 g/mol. The minimum absolute atomic E-state index is 0.113. The molecule has 0 bridgehead atoms. The van der Waals surface area contributed by atoms with Gasteiger partial charge in [-0.1, -0.05) is 129 Å². The largest absolute Gasteiger partial charge is 0.310 e. The lowest BCUT2D eigenvalue weighted by atomic mass is 9.82. The van der Waals surface area contributed by atoms with Crippen molar-refractivity contribution in [2.45, 2.75) is 19.3 Å². The highest BCUT2D eigenvalue weighted by atomic mass is 32.1. The number of hydrogen-bond acceptors (Lipinski definition) is 2. The number of benzene rings is 9. The van der Waals surface area contributed by atoms with Crippen LogP contribution in [-0.2, 0) is 5.41 Å². The third-order valence-corrected chi connectivity index (χ3v) is 13.5. The van der Waals surface area contributed by atoms with Crippen molar-refractivity contribution >= 4 is 91.9 Å².